The highest BCUT2D eigenvalue weighted by molar-refractivity contribution is 6.19. The topological polar surface area (TPSA) is 56.6 Å². The molecule has 0 spiro atoms. The zero-order valence-electron chi connectivity index (χ0n) is 13.4. The quantitative estimate of drug-likeness (QED) is 0.324. The third-order valence-electron chi connectivity index (χ3n) is 4.28. The fourth-order valence-electron chi connectivity index (χ4n) is 3.02. The van der Waals surface area contributed by atoms with E-state index in [1.165, 1.54) is 0 Å². The number of hydrogen-bond donors (Lipinski definition) is 1. The Morgan fingerprint density at radius 3 is 2.56 bits per heavy atom. The van der Waals surface area contributed by atoms with Crippen molar-refractivity contribution in [1.82, 2.24) is 4.98 Å². The average Bonchev–Trinajstić information content (AvgIpc) is 3.09. The molecule has 0 fully saturated rings. The molecule has 1 N–H and O–H groups in total. The molecule has 3 nitrogen and oxygen atoms in total. The van der Waals surface area contributed by atoms with Crippen LogP contribution < -0.4 is 0 Å². The number of allylic oxidation sites excluding steroid dienone is 1. The van der Waals surface area contributed by atoms with E-state index < -0.39 is 0 Å². The molecular formula is C22H14N2O. The number of carbonyl (C=O) groups is 1. The molecule has 0 saturated carbocycles. The minimum Gasteiger partial charge on any atom is -0.360 e. The number of benzene rings is 3. The van der Waals surface area contributed by atoms with Crippen LogP contribution in [0.2, 0.25) is 0 Å². The summed E-state index contributed by atoms with van der Waals surface area (Å²) < 4.78 is 0. The van der Waals surface area contributed by atoms with Crippen LogP contribution in [0.3, 0.4) is 0 Å². The molecule has 0 amide bonds. The van der Waals surface area contributed by atoms with Gasteiger partial charge < -0.3 is 4.98 Å². The van der Waals surface area contributed by atoms with E-state index in [1.54, 1.807) is 12.3 Å². The van der Waals surface area contributed by atoms with Crippen LogP contribution in [-0.2, 0) is 0 Å². The average molecular weight is 322 g/mol. The Balaban J connectivity index is 1.77. The molecule has 4 rings (SSSR count). The van der Waals surface area contributed by atoms with Crippen LogP contribution in [0.25, 0.3) is 27.8 Å². The second-order valence-electron chi connectivity index (χ2n) is 5.85. The number of nitriles is 1. The van der Waals surface area contributed by atoms with Gasteiger partial charge in [0.25, 0.3) is 0 Å². The molecule has 0 saturated heterocycles. The van der Waals surface area contributed by atoms with E-state index in [-0.39, 0.29) is 11.4 Å². The predicted octanol–water partition coefficient (Wildman–Crippen LogP) is 5.11. The zero-order chi connectivity index (χ0) is 17.2. The third-order valence-corrected chi connectivity index (χ3v) is 4.28. The van der Waals surface area contributed by atoms with Crippen LogP contribution >= 0.6 is 0 Å². The lowest BCUT2D eigenvalue weighted by molar-refractivity contribution is 0.104. The fraction of sp³-hybridized carbons (Fsp3) is 0. The summed E-state index contributed by atoms with van der Waals surface area (Å²) in [5.74, 6) is -0.270. The number of H-pyrrole nitrogens is 1. The van der Waals surface area contributed by atoms with Crippen molar-refractivity contribution in [3.63, 3.8) is 0 Å². The summed E-state index contributed by atoms with van der Waals surface area (Å²) in [7, 11) is 0. The number of hydrogen-bond acceptors (Lipinski definition) is 2. The van der Waals surface area contributed by atoms with E-state index in [2.05, 4.69) is 4.98 Å². The van der Waals surface area contributed by atoms with Crippen LogP contribution in [0.4, 0.5) is 0 Å². The monoisotopic (exact) mass is 322 g/mol. The van der Waals surface area contributed by atoms with Crippen molar-refractivity contribution in [3.8, 4) is 6.07 Å². The highest BCUT2D eigenvalue weighted by Gasteiger charge is 2.16. The smallest absolute Gasteiger partial charge is 0.205 e. The first-order chi connectivity index (χ1) is 12.3. The summed E-state index contributed by atoms with van der Waals surface area (Å²) in [6, 6.07) is 23.5. The zero-order valence-corrected chi connectivity index (χ0v) is 13.4. The van der Waals surface area contributed by atoms with Crippen molar-refractivity contribution < 1.29 is 4.79 Å². The molecule has 118 valence electrons. The van der Waals surface area contributed by atoms with Crippen LogP contribution in [-0.4, -0.2) is 10.8 Å². The van der Waals surface area contributed by atoms with Crippen molar-refractivity contribution in [2.75, 3.05) is 0 Å². The Labute approximate surface area is 144 Å². The third kappa shape index (κ3) is 2.71. The lowest BCUT2D eigenvalue weighted by atomic mass is 10.00. The van der Waals surface area contributed by atoms with E-state index in [4.69, 9.17) is 0 Å². The molecule has 0 aliphatic heterocycles. The number of aromatic nitrogens is 1. The minimum absolute atomic E-state index is 0.125. The summed E-state index contributed by atoms with van der Waals surface area (Å²) in [6.07, 6.45) is 3.31. The van der Waals surface area contributed by atoms with Gasteiger partial charge in [-0.15, -0.1) is 0 Å². The number of ketones is 1. The summed E-state index contributed by atoms with van der Waals surface area (Å²) in [5.41, 5.74) is 2.36. The van der Waals surface area contributed by atoms with Crippen molar-refractivity contribution in [2.24, 2.45) is 0 Å². The molecule has 4 aromatic rings. The molecule has 3 heteroatoms. The molecule has 25 heavy (non-hydrogen) atoms. The molecule has 0 atom stereocenters. The number of nitrogens with one attached hydrogen (secondary N) is 1. The van der Waals surface area contributed by atoms with E-state index in [9.17, 15) is 10.1 Å². The van der Waals surface area contributed by atoms with Gasteiger partial charge in [-0.3, -0.25) is 4.79 Å². The van der Waals surface area contributed by atoms with Gasteiger partial charge in [-0.25, -0.2) is 0 Å². The van der Waals surface area contributed by atoms with E-state index in [0.29, 0.717) is 5.56 Å². The number of rotatable bonds is 3. The van der Waals surface area contributed by atoms with Crippen molar-refractivity contribution in [3.05, 3.63) is 89.6 Å². The summed E-state index contributed by atoms with van der Waals surface area (Å²) in [4.78, 5) is 15.9. The molecular weight excluding hydrogens is 308 g/mol. The van der Waals surface area contributed by atoms with Crippen LogP contribution in [0, 0.1) is 11.3 Å². The lowest BCUT2D eigenvalue weighted by Gasteiger charge is -2.01. The Kier molecular flexibility index (Phi) is 3.64. The van der Waals surface area contributed by atoms with E-state index in [1.807, 2.05) is 72.8 Å². The first kappa shape index (κ1) is 14.9. The largest absolute Gasteiger partial charge is 0.360 e. The number of carbonyl (C=O) groups excluding carboxylic acids is 1. The van der Waals surface area contributed by atoms with Gasteiger partial charge in [0, 0.05) is 22.7 Å². The molecule has 0 unspecified atom stereocenters. The molecule has 1 heterocycles. The summed E-state index contributed by atoms with van der Waals surface area (Å²) in [5, 5.41) is 12.5. The van der Waals surface area contributed by atoms with Gasteiger partial charge in [0.1, 0.15) is 11.6 Å². The van der Waals surface area contributed by atoms with Crippen LogP contribution in [0.5, 0.6) is 0 Å². The SMILES string of the molecule is N#C/C(=C\c1ccc2ccccc2c1)C(=O)c1c[nH]c2ccccc12. The number of Topliss-reactive ketones (excluding diaryl/α,β-unsaturated/α-hetero) is 1. The molecule has 0 aliphatic rings. The number of para-hydroxylation sites is 1. The Bertz CT molecular complexity index is 1180. The molecule has 0 aliphatic carbocycles. The van der Waals surface area contributed by atoms with Gasteiger partial charge >= 0.3 is 0 Å². The van der Waals surface area contributed by atoms with E-state index >= 15 is 0 Å². The maximum atomic E-state index is 12.8. The van der Waals surface area contributed by atoms with Gasteiger partial charge in [0.2, 0.25) is 5.78 Å². The minimum atomic E-state index is -0.270. The van der Waals surface area contributed by atoms with Crippen molar-refractivity contribution in [2.45, 2.75) is 0 Å². The van der Waals surface area contributed by atoms with Crippen LogP contribution in [0.15, 0.2) is 78.5 Å². The number of nitrogens with zero attached hydrogens (tertiary/aromatic N) is 1. The number of aromatic amines is 1. The van der Waals surface area contributed by atoms with Crippen molar-refractivity contribution >= 4 is 33.5 Å². The maximum Gasteiger partial charge on any atom is 0.205 e. The van der Waals surface area contributed by atoms with Crippen LogP contribution in [0.1, 0.15) is 15.9 Å². The Morgan fingerprint density at radius 2 is 1.72 bits per heavy atom. The standard InChI is InChI=1S/C22H14N2O/c23-13-18(12-15-9-10-16-5-1-2-6-17(16)11-15)22(25)20-14-24-21-8-4-3-7-19(20)21/h1-12,14,24H/b18-12+. The van der Waals surface area contributed by atoms with Gasteiger partial charge in [0.15, 0.2) is 0 Å². The molecule has 0 bridgehead atoms. The Hall–Kier alpha value is -3.64. The summed E-state index contributed by atoms with van der Waals surface area (Å²) in [6.45, 7) is 0. The van der Waals surface area contributed by atoms with Crippen molar-refractivity contribution in [1.29, 1.82) is 5.26 Å². The lowest BCUT2D eigenvalue weighted by Crippen LogP contribution is -2.01. The normalized spacial score (nSPS) is 11.6. The second-order valence-corrected chi connectivity index (χ2v) is 5.85. The summed E-state index contributed by atoms with van der Waals surface area (Å²) >= 11 is 0. The molecule has 1 aromatic heterocycles. The highest BCUT2D eigenvalue weighted by Crippen LogP contribution is 2.23. The molecule has 3 aromatic carbocycles. The van der Waals surface area contributed by atoms with E-state index in [0.717, 1.165) is 27.2 Å². The molecule has 0 radical (unpaired) electrons. The maximum absolute atomic E-state index is 12.8. The Morgan fingerprint density at radius 1 is 0.960 bits per heavy atom. The van der Waals surface area contributed by atoms with Gasteiger partial charge in [0.05, 0.1) is 0 Å². The van der Waals surface area contributed by atoms with Gasteiger partial charge in [-0.1, -0.05) is 54.6 Å². The second kappa shape index (κ2) is 6.10. The van der Waals surface area contributed by atoms with Gasteiger partial charge in [-0.05, 0) is 34.5 Å². The predicted molar refractivity (Wildman–Crippen MR) is 100 cm³/mol. The fourth-order valence-corrected chi connectivity index (χ4v) is 3.02. The highest BCUT2D eigenvalue weighted by atomic mass is 16.1. The van der Waals surface area contributed by atoms with Gasteiger partial charge in [-0.2, -0.15) is 5.26 Å². The number of fused-ring (bicyclic) bond motifs is 2. The first-order valence-electron chi connectivity index (χ1n) is 7.98. The first-order valence-corrected chi connectivity index (χ1v) is 7.98.